The minimum Gasteiger partial charge on any atom is -0.463 e. The zero-order valence-electron chi connectivity index (χ0n) is 50.0. The normalized spacial score (nSPS) is 22.1. The van der Waals surface area contributed by atoms with E-state index in [-0.39, 0.29) is 11.9 Å². The Hall–Kier alpha value is -0.872. The average Bonchev–Trinajstić information content (AvgIpc) is 3.36. The van der Waals surface area contributed by atoms with Crippen molar-refractivity contribution in [3.8, 4) is 0 Å². The fourth-order valence-electron chi connectivity index (χ4n) is 13.3. The molecule has 74 heavy (non-hydrogen) atoms. The molecule has 0 aromatic rings. The van der Waals surface area contributed by atoms with Crippen LogP contribution >= 0.6 is 0 Å². The highest BCUT2D eigenvalue weighted by molar-refractivity contribution is 6.85. The van der Waals surface area contributed by atoms with Gasteiger partial charge >= 0.3 is 11.9 Å². The third kappa shape index (κ3) is 32.9. The second-order valence-electron chi connectivity index (χ2n) is 26.3. The van der Waals surface area contributed by atoms with E-state index in [2.05, 4.69) is 65.5 Å². The lowest BCUT2D eigenvalue weighted by Gasteiger charge is -2.41. The van der Waals surface area contributed by atoms with E-state index in [0.29, 0.717) is 25.4 Å². The van der Waals surface area contributed by atoms with Crippen LogP contribution < -0.4 is 0 Å². The molecule has 3 rings (SSSR count). The molecule has 0 atom stereocenters. The zero-order chi connectivity index (χ0) is 54.0. The second-order valence-corrected chi connectivity index (χ2v) is 44.0. The van der Waals surface area contributed by atoms with Crippen LogP contribution in [0.2, 0.25) is 76.6 Å². The summed E-state index contributed by atoms with van der Waals surface area (Å²) in [6.45, 7) is 28.9. The van der Waals surface area contributed by atoms with E-state index in [1.165, 1.54) is 217 Å². The van der Waals surface area contributed by atoms with Gasteiger partial charge in [-0.15, -0.1) is 0 Å². The monoisotopic (exact) mass is 1100 g/mol. The molecule has 12 heteroatoms. The molecule has 0 bridgehead atoms. The molecular formula is C62H120O8Si4. The Morgan fingerprint density at radius 2 is 0.554 bits per heavy atom. The van der Waals surface area contributed by atoms with E-state index < -0.39 is 33.3 Å². The highest BCUT2D eigenvalue weighted by Gasteiger charge is 2.36. The molecule has 0 saturated heterocycles. The Labute approximate surface area is 462 Å². The first-order valence-electron chi connectivity index (χ1n) is 31.6. The molecule has 0 N–H and O–H groups in total. The molecule has 0 aromatic heterocycles. The average molecular weight is 1110 g/mol. The Morgan fingerprint density at radius 1 is 0.338 bits per heavy atom. The molecule has 3 aliphatic rings. The summed E-state index contributed by atoms with van der Waals surface area (Å²) >= 11 is 0. The quantitative estimate of drug-likeness (QED) is 0.0258. The van der Waals surface area contributed by atoms with Crippen LogP contribution in [-0.2, 0) is 36.8 Å². The van der Waals surface area contributed by atoms with E-state index in [9.17, 15) is 9.59 Å². The van der Waals surface area contributed by atoms with Gasteiger partial charge in [0.05, 0.1) is 25.4 Å². The number of esters is 2. The van der Waals surface area contributed by atoms with E-state index in [0.717, 1.165) is 74.7 Å². The smallest absolute Gasteiger partial charge is 0.330 e. The van der Waals surface area contributed by atoms with Gasteiger partial charge in [0.2, 0.25) is 0 Å². The summed E-state index contributed by atoms with van der Waals surface area (Å²) in [5.74, 6) is 3.24. The van der Waals surface area contributed by atoms with Crippen molar-refractivity contribution in [3.05, 3.63) is 25.3 Å². The number of carbonyl (C=O) groups excluding carboxylic acids is 2. The fourth-order valence-corrected chi connectivity index (χ4v) is 31.3. The highest BCUT2D eigenvalue weighted by Crippen LogP contribution is 2.45. The predicted molar refractivity (Wildman–Crippen MR) is 324 cm³/mol. The van der Waals surface area contributed by atoms with E-state index in [1.54, 1.807) is 0 Å². The van der Waals surface area contributed by atoms with Crippen LogP contribution in [0, 0.1) is 23.7 Å². The van der Waals surface area contributed by atoms with Gasteiger partial charge in [-0.25, -0.2) is 9.59 Å². The molecule has 0 unspecified atom stereocenters. The number of rotatable bonds is 44. The van der Waals surface area contributed by atoms with Crippen LogP contribution in [-0.4, -0.2) is 83.8 Å². The molecule has 432 valence electrons. The Morgan fingerprint density at radius 3 is 0.824 bits per heavy atom. The van der Waals surface area contributed by atoms with Crippen molar-refractivity contribution in [3.63, 3.8) is 0 Å². The van der Waals surface area contributed by atoms with E-state index in [4.69, 9.17) is 27.2 Å². The molecule has 0 spiro atoms. The lowest BCUT2D eigenvalue weighted by molar-refractivity contribution is -0.138. The van der Waals surface area contributed by atoms with Crippen molar-refractivity contribution in [2.75, 3.05) is 26.4 Å². The van der Waals surface area contributed by atoms with Gasteiger partial charge in [-0.3, -0.25) is 0 Å². The van der Waals surface area contributed by atoms with Gasteiger partial charge in [0.1, 0.15) is 0 Å². The van der Waals surface area contributed by atoms with Crippen LogP contribution in [0.5, 0.6) is 0 Å². The molecule has 8 nitrogen and oxygen atoms in total. The van der Waals surface area contributed by atoms with E-state index in [1.807, 2.05) is 0 Å². The Bertz CT molecular complexity index is 1360. The number of hydrogen-bond acceptors (Lipinski definition) is 8. The van der Waals surface area contributed by atoms with E-state index >= 15 is 0 Å². The number of unbranched alkanes of at least 4 members (excludes halogenated alkanes) is 18. The molecule has 0 heterocycles. The Balaban J connectivity index is 1.06. The van der Waals surface area contributed by atoms with Crippen LogP contribution in [0.3, 0.4) is 0 Å². The first-order chi connectivity index (χ1) is 35.4. The van der Waals surface area contributed by atoms with Crippen LogP contribution in [0.25, 0.3) is 0 Å². The van der Waals surface area contributed by atoms with Gasteiger partial charge in [-0.2, -0.15) is 0 Å². The molecule has 0 amide bonds. The summed E-state index contributed by atoms with van der Waals surface area (Å²) in [7, 11) is -6.63. The van der Waals surface area contributed by atoms with Gasteiger partial charge in [0, 0.05) is 25.4 Å². The number of hydrogen-bond donors (Lipinski definition) is 0. The first kappa shape index (κ1) is 67.4. The summed E-state index contributed by atoms with van der Waals surface area (Å²) in [4.78, 5) is 22.5. The van der Waals surface area contributed by atoms with Crippen molar-refractivity contribution in [1.82, 2.24) is 0 Å². The van der Waals surface area contributed by atoms with Crippen molar-refractivity contribution in [2.45, 2.75) is 307 Å². The van der Waals surface area contributed by atoms with Gasteiger partial charge < -0.3 is 27.2 Å². The fraction of sp³-hybridized carbons (Fsp3) is 0.903. The highest BCUT2D eigenvalue weighted by atomic mass is 28.4. The molecule has 0 radical (unpaired) electrons. The number of ether oxygens (including phenoxy) is 4. The minimum atomic E-state index is -1.68. The summed E-state index contributed by atoms with van der Waals surface area (Å²) in [5, 5.41) is 0. The largest absolute Gasteiger partial charge is 0.463 e. The van der Waals surface area contributed by atoms with Crippen molar-refractivity contribution < 1.29 is 36.8 Å². The van der Waals surface area contributed by atoms with Gasteiger partial charge in [0.25, 0.3) is 0 Å². The standard InChI is InChI=1S/C62H120O8Si4/c1-11-61(63)67-49-29-33-53-73(7,8)69-71(3,4)51-31-25-21-17-13-15-19-23-27-47-65-59-43-39-57(40-44-59)55-35-37-56(38-36-55)58-41-45-60(46-42-58)66-48-28-24-20-16-14-18-22-26-32-52-72(5,6)70-74(9,10)54-34-30-50-68-62(64)12-2/h11-12,55-60H,1-2,13-54H2,3-10H3. The maximum Gasteiger partial charge on any atom is 0.330 e. The lowest BCUT2D eigenvalue weighted by Crippen LogP contribution is -2.44. The topological polar surface area (TPSA) is 89.5 Å². The van der Waals surface area contributed by atoms with Crippen molar-refractivity contribution in [2.24, 2.45) is 23.7 Å². The minimum absolute atomic E-state index is 0.323. The maximum atomic E-state index is 11.2. The molecule has 3 aliphatic carbocycles. The molecule has 0 aromatic carbocycles. The van der Waals surface area contributed by atoms with Crippen LogP contribution in [0.4, 0.5) is 0 Å². The zero-order valence-corrected chi connectivity index (χ0v) is 54.0. The lowest BCUT2D eigenvalue weighted by atomic mass is 9.66. The second kappa shape index (κ2) is 38.7. The van der Waals surface area contributed by atoms with Gasteiger partial charge in [0.15, 0.2) is 33.3 Å². The van der Waals surface area contributed by atoms with Crippen LogP contribution in [0.1, 0.15) is 218 Å². The van der Waals surface area contributed by atoms with Crippen molar-refractivity contribution in [1.29, 1.82) is 0 Å². The summed E-state index contributed by atoms with van der Waals surface area (Å²) in [6, 6.07) is 4.81. The molecule has 3 saturated carbocycles. The predicted octanol–water partition coefficient (Wildman–Crippen LogP) is 18.8. The third-order valence-electron chi connectivity index (χ3n) is 17.4. The summed E-state index contributed by atoms with van der Waals surface area (Å²) < 4.78 is 36.8. The van der Waals surface area contributed by atoms with Gasteiger partial charge in [-0.05, 0) is 203 Å². The molecular weight excluding hydrogens is 985 g/mol. The summed E-state index contributed by atoms with van der Waals surface area (Å²) in [6.07, 6.45) is 48.5. The number of carbonyl (C=O) groups is 2. The third-order valence-corrected chi connectivity index (χ3v) is 32.5. The SMILES string of the molecule is C=CC(=O)OCCCC[Si](C)(C)O[Si](C)(C)CCCCCCCCCCCOC1CCC(C2CCC(C3CCC(OCCCCCCCCCCC[Si](C)(C)O[Si](C)(C)CCCCOC(=O)C=C)CC3)CC2)CC1. The Kier molecular flexibility index (Phi) is 35.2. The first-order valence-corrected chi connectivity index (χ1v) is 44.1. The van der Waals surface area contributed by atoms with Gasteiger partial charge in [-0.1, -0.05) is 129 Å². The van der Waals surface area contributed by atoms with Crippen molar-refractivity contribution >= 4 is 45.2 Å². The summed E-state index contributed by atoms with van der Waals surface area (Å²) in [5.41, 5.74) is 0. The maximum absolute atomic E-state index is 11.2. The molecule has 3 fully saturated rings. The molecule has 0 aliphatic heterocycles. The van der Waals surface area contributed by atoms with Crippen LogP contribution in [0.15, 0.2) is 25.3 Å².